The van der Waals surface area contributed by atoms with Crippen molar-refractivity contribution in [2.75, 3.05) is 31.1 Å². The molecule has 0 amide bonds. The summed E-state index contributed by atoms with van der Waals surface area (Å²) in [6.07, 6.45) is 0. The molecule has 6 nitrogen and oxygen atoms in total. The van der Waals surface area contributed by atoms with Gasteiger partial charge in [-0.2, -0.15) is 0 Å². The highest BCUT2D eigenvalue weighted by Gasteiger charge is 2.14. The van der Waals surface area contributed by atoms with Gasteiger partial charge in [-0.05, 0) is 18.2 Å². The quantitative estimate of drug-likeness (QED) is 0.725. The van der Waals surface area contributed by atoms with Gasteiger partial charge in [0.2, 0.25) is 5.95 Å². The lowest BCUT2D eigenvalue weighted by molar-refractivity contribution is 0.0697. The maximum absolute atomic E-state index is 10.9. The molecule has 0 unspecified atom stereocenters. The van der Waals surface area contributed by atoms with E-state index in [1.165, 1.54) is 0 Å². The summed E-state index contributed by atoms with van der Waals surface area (Å²) in [5.41, 5.74) is 1.84. The Balaban J connectivity index is 1.97. The first kappa shape index (κ1) is 11.0. The van der Waals surface area contributed by atoms with Crippen LogP contribution >= 0.6 is 0 Å². The van der Waals surface area contributed by atoms with E-state index in [1.807, 2.05) is 0 Å². The van der Waals surface area contributed by atoms with E-state index in [2.05, 4.69) is 20.2 Å². The Labute approximate surface area is 104 Å². The highest BCUT2D eigenvalue weighted by Crippen LogP contribution is 2.19. The lowest BCUT2D eigenvalue weighted by atomic mass is 10.2. The molecule has 2 aromatic rings. The number of hydrogen-bond donors (Lipinski definition) is 3. The number of anilines is 1. The summed E-state index contributed by atoms with van der Waals surface area (Å²) in [7, 11) is 0. The SMILES string of the molecule is O=C(O)c1ccc2nc(N3CCNCC3)[nH]c2c1. The highest BCUT2D eigenvalue weighted by molar-refractivity contribution is 5.92. The third kappa shape index (κ3) is 1.91. The molecule has 0 aliphatic carbocycles. The zero-order chi connectivity index (χ0) is 12.5. The van der Waals surface area contributed by atoms with Crippen LogP contribution in [0, 0.1) is 0 Å². The number of piperazine rings is 1. The molecule has 3 rings (SSSR count). The lowest BCUT2D eigenvalue weighted by Crippen LogP contribution is -2.44. The monoisotopic (exact) mass is 246 g/mol. The first-order chi connectivity index (χ1) is 8.74. The van der Waals surface area contributed by atoms with Gasteiger partial charge in [0.05, 0.1) is 16.6 Å². The highest BCUT2D eigenvalue weighted by atomic mass is 16.4. The molecular weight excluding hydrogens is 232 g/mol. The van der Waals surface area contributed by atoms with Crippen LogP contribution in [0.3, 0.4) is 0 Å². The predicted molar refractivity (Wildman–Crippen MR) is 68.1 cm³/mol. The van der Waals surface area contributed by atoms with Crippen molar-refractivity contribution in [1.82, 2.24) is 15.3 Å². The van der Waals surface area contributed by atoms with Crippen molar-refractivity contribution >= 4 is 23.0 Å². The van der Waals surface area contributed by atoms with Crippen molar-refractivity contribution < 1.29 is 9.90 Å². The number of H-pyrrole nitrogens is 1. The van der Waals surface area contributed by atoms with Crippen LogP contribution in [0.25, 0.3) is 11.0 Å². The smallest absolute Gasteiger partial charge is 0.335 e. The van der Waals surface area contributed by atoms with E-state index in [1.54, 1.807) is 18.2 Å². The van der Waals surface area contributed by atoms with Crippen LogP contribution in [0.1, 0.15) is 10.4 Å². The topological polar surface area (TPSA) is 81.2 Å². The number of imidazole rings is 1. The standard InChI is InChI=1S/C12H14N4O2/c17-11(18)8-1-2-9-10(7-8)15-12(14-9)16-5-3-13-4-6-16/h1-2,7,13H,3-6H2,(H,14,15)(H,17,18). The van der Waals surface area contributed by atoms with Crippen LogP contribution < -0.4 is 10.2 Å². The second-order valence-corrected chi connectivity index (χ2v) is 4.33. The Morgan fingerprint density at radius 2 is 2.11 bits per heavy atom. The molecule has 3 N–H and O–H groups in total. The molecule has 1 aromatic heterocycles. The molecule has 1 fully saturated rings. The van der Waals surface area contributed by atoms with Gasteiger partial charge in [-0.15, -0.1) is 0 Å². The first-order valence-electron chi connectivity index (χ1n) is 5.93. The second kappa shape index (κ2) is 4.30. The largest absolute Gasteiger partial charge is 0.478 e. The number of aromatic amines is 1. The number of carboxylic acids is 1. The third-order valence-corrected chi connectivity index (χ3v) is 3.13. The molecule has 1 aliphatic rings. The van der Waals surface area contributed by atoms with Crippen molar-refractivity contribution in [3.05, 3.63) is 23.8 Å². The molecule has 6 heteroatoms. The number of nitrogens with one attached hydrogen (secondary N) is 2. The zero-order valence-corrected chi connectivity index (χ0v) is 9.81. The number of rotatable bonds is 2. The van der Waals surface area contributed by atoms with Gasteiger partial charge >= 0.3 is 5.97 Å². The van der Waals surface area contributed by atoms with E-state index >= 15 is 0 Å². The van der Waals surface area contributed by atoms with Gasteiger partial charge in [0.25, 0.3) is 0 Å². The Morgan fingerprint density at radius 3 is 2.83 bits per heavy atom. The van der Waals surface area contributed by atoms with Gasteiger partial charge in [-0.1, -0.05) is 0 Å². The number of aromatic carboxylic acids is 1. The van der Waals surface area contributed by atoms with E-state index in [0.29, 0.717) is 0 Å². The Kier molecular flexibility index (Phi) is 2.64. The molecule has 0 radical (unpaired) electrons. The van der Waals surface area contributed by atoms with Gasteiger partial charge in [0.1, 0.15) is 0 Å². The van der Waals surface area contributed by atoms with Crippen LogP contribution in [0.4, 0.5) is 5.95 Å². The number of nitrogens with zero attached hydrogens (tertiary/aromatic N) is 2. The number of carbonyl (C=O) groups is 1. The van der Waals surface area contributed by atoms with Crippen molar-refractivity contribution in [1.29, 1.82) is 0 Å². The molecule has 0 spiro atoms. The van der Waals surface area contributed by atoms with Gasteiger partial charge in [-0.25, -0.2) is 9.78 Å². The molecule has 0 atom stereocenters. The fraction of sp³-hybridized carbons (Fsp3) is 0.333. The van der Waals surface area contributed by atoms with Crippen molar-refractivity contribution in [3.63, 3.8) is 0 Å². The van der Waals surface area contributed by atoms with E-state index in [9.17, 15) is 4.79 Å². The average molecular weight is 246 g/mol. The molecule has 0 bridgehead atoms. The Hall–Kier alpha value is -2.08. The summed E-state index contributed by atoms with van der Waals surface area (Å²) in [6.45, 7) is 3.70. The third-order valence-electron chi connectivity index (χ3n) is 3.13. The van der Waals surface area contributed by atoms with E-state index in [4.69, 9.17) is 5.11 Å². The second-order valence-electron chi connectivity index (χ2n) is 4.33. The summed E-state index contributed by atoms with van der Waals surface area (Å²) >= 11 is 0. The number of carboxylic acid groups (broad SMARTS) is 1. The van der Waals surface area contributed by atoms with Crippen LogP contribution in [0.15, 0.2) is 18.2 Å². The zero-order valence-electron chi connectivity index (χ0n) is 9.81. The normalized spacial score (nSPS) is 16.1. The Bertz CT molecular complexity index is 587. The fourth-order valence-corrected chi connectivity index (χ4v) is 2.16. The average Bonchev–Trinajstić information content (AvgIpc) is 2.82. The van der Waals surface area contributed by atoms with Crippen molar-refractivity contribution in [2.24, 2.45) is 0 Å². The van der Waals surface area contributed by atoms with Gasteiger partial charge in [0, 0.05) is 26.2 Å². The summed E-state index contributed by atoms with van der Waals surface area (Å²) in [5.74, 6) is -0.107. The molecule has 1 aromatic carbocycles. The van der Waals surface area contributed by atoms with Crippen LogP contribution in [0.5, 0.6) is 0 Å². The fourth-order valence-electron chi connectivity index (χ4n) is 2.16. The van der Waals surface area contributed by atoms with E-state index in [0.717, 1.165) is 43.2 Å². The minimum absolute atomic E-state index is 0.276. The van der Waals surface area contributed by atoms with E-state index < -0.39 is 5.97 Å². The summed E-state index contributed by atoms with van der Waals surface area (Å²) in [5, 5.41) is 12.2. The van der Waals surface area contributed by atoms with Crippen LogP contribution in [-0.2, 0) is 0 Å². The summed E-state index contributed by atoms with van der Waals surface area (Å²) in [4.78, 5) is 20.7. The van der Waals surface area contributed by atoms with Crippen molar-refractivity contribution in [3.8, 4) is 0 Å². The number of benzene rings is 1. The minimum Gasteiger partial charge on any atom is -0.478 e. The molecule has 1 aliphatic heterocycles. The van der Waals surface area contributed by atoms with Crippen LogP contribution in [-0.4, -0.2) is 47.2 Å². The molecular formula is C12H14N4O2. The maximum atomic E-state index is 10.9. The Morgan fingerprint density at radius 1 is 1.33 bits per heavy atom. The predicted octanol–water partition coefficient (Wildman–Crippen LogP) is 0.671. The number of hydrogen-bond acceptors (Lipinski definition) is 4. The molecule has 2 heterocycles. The first-order valence-corrected chi connectivity index (χ1v) is 5.93. The molecule has 18 heavy (non-hydrogen) atoms. The number of fused-ring (bicyclic) bond motifs is 1. The van der Waals surface area contributed by atoms with Gasteiger partial charge < -0.3 is 20.3 Å². The summed E-state index contributed by atoms with van der Waals surface area (Å²) < 4.78 is 0. The molecule has 94 valence electrons. The van der Waals surface area contributed by atoms with Crippen LogP contribution in [0.2, 0.25) is 0 Å². The number of aromatic nitrogens is 2. The molecule has 0 saturated carbocycles. The summed E-state index contributed by atoms with van der Waals surface area (Å²) in [6, 6.07) is 4.93. The van der Waals surface area contributed by atoms with Gasteiger partial charge in [0.15, 0.2) is 0 Å². The minimum atomic E-state index is -0.921. The maximum Gasteiger partial charge on any atom is 0.335 e. The molecule has 1 saturated heterocycles. The van der Waals surface area contributed by atoms with Crippen molar-refractivity contribution in [2.45, 2.75) is 0 Å². The lowest BCUT2D eigenvalue weighted by Gasteiger charge is -2.26. The van der Waals surface area contributed by atoms with E-state index in [-0.39, 0.29) is 5.56 Å². The van der Waals surface area contributed by atoms with Gasteiger partial charge in [-0.3, -0.25) is 0 Å².